The van der Waals surface area contributed by atoms with Gasteiger partial charge in [0.2, 0.25) is 0 Å². The Balaban J connectivity index is 2.16. The van der Waals surface area contributed by atoms with E-state index in [-0.39, 0.29) is 23.6 Å². The van der Waals surface area contributed by atoms with E-state index in [2.05, 4.69) is 5.32 Å². The van der Waals surface area contributed by atoms with Crippen molar-refractivity contribution in [2.75, 3.05) is 12.3 Å². The Hall–Kier alpha value is -0.200. The Kier molecular flexibility index (Phi) is 4.95. The van der Waals surface area contributed by atoms with Gasteiger partial charge in [-0.2, -0.15) is 13.2 Å². The lowest BCUT2D eigenvalue weighted by Crippen LogP contribution is -2.21. The van der Waals surface area contributed by atoms with Gasteiger partial charge < -0.3 is 5.32 Å². The van der Waals surface area contributed by atoms with Crippen molar-refractivity contribution in [2.45, 2.75) is 18.5 Å². The minimum Gasteiger partial charge on any atom is -0.309 e. The minimum atomic E-state index is -4.12. The van der Waals surface area contributed by atoms with Crippen molar-refractivity contribution >= 4 is 23.1 Å². The zero-order valence-electron chi connectivity index (χ0n) is 8.17. The van der Waals surface area contributed by atoms with E-state index in [4.69, 9.17) is 0 Å². The zero-order chi connectivity index (χ0) is 11.3. The summed E-state index contributed by atoms with van der Waals surface area (Å²) in [5.41, 5.74) is -4.12. The number of hydrogen-bond donors (Lipinski definition) is 1. The normalized spacial score (nSPS) is 14.1. The summed E-state index contributed by atoms with van der Waals surface area (Å²) in [6, 6.07) is 4.03. The molecule has 0 bridgehead atoms. The molecule has 0 aliphatic heterocycles. The average Bonchev–Trinajstić information content (AvgIpc) is 2.63. The van der Waals surface area contributed by atoms with Crippen molar-refractivity contribution in [2.24, 2.45) is 0 Å². The Morgan fingerprint density at radius 3 is 2.80 bits per heavy atom. The number of thiophene rings is 1. The second kappa shape index (κ2) is 5.77. The molecule has 1 aromatic rings. The first-order valence-electron chi connectivity index (χ1n) is 4.46. The predicted molar refractivity (Wildman–Crippen MR) is 59.2 cm³/mol. The first-order valence-corrected chi connectivity index (χ1v) is 6.33. The van der Waals surface area contributed by atoms with Gasteiger partial charge in [-0.15, -0.1) is 11.3 Å². The van der Waals surface area contributed by atoms with E-state index < -0.39 is 5.51 Å². The molecule has 0 fully saturated rings. The number of alkyl halides is 3. The predicted octanol–water partition coefficient (Wildman–Crippen LogP) is 3.65. The van der Waals surface area contributed by atoms with Gasteiger partial charge >= 0.3 is 5.51 Å². The molecule has 86 valence electrons. The minimum absolute atomic E-state index is 0.0137. The number of rotatable bonds is 5. The molecule has 0 saturated carbocycles. The van der Waals surface area contributed by atoms with Crippen LogP contribution in [0.2, 0.25) is 0 Å². The molecule has 1 aromatic heterocycles. The molecule has 0 aliphatic rings. The lowest BCUT2D eigenvalue weighted by atomic mass is 10.3. The summed E-state index contributed by atoms with van der Waals surface area (Å²) in [6.45, 7) is 2.31. The zero-order valence-corrected chi connectivity index (χ0v) is 9.81. The van der Waals surface area contributed by atoms with Gasteiger partial charge in [0.05, 0.1) is 0 Å². The smallest absolute Gasteiger partial charge is 0.309 e. The third kappa shape index (κ3) is 5.44. The van der Waals surface area contributed by atoms with Gasteiger partial charge in [-0.1, -0.05) is 6.07 Å². The van der Waals surface area contributed by atoms with Crippen molar-refractivity contribution in [3.63, 3.8) is 0 Å². The number of hydrogen-bond acceptors (Lipinski definition) is 3. The van der Waals surface area contributed by atoms with Crippen molar-refractivity contribution < 1.29 is 13.2 Å². The molecule has 15 heavy (non-hydrogen) atoms. The summed E-state index contributed by atoms with van der Waals surface area (Å²) in [5.74, 6) is 0.0548. The molecule has 1 nitrogen and oxygen atoms in total. The molecule has 1 rings (SSSR count). The Morgan fingerprint density at radius 1 is 1.53 bits per heavy atom. The van der Waals surface area contributed by atoms with Crippen LogP contribution in [-0.2, 0) is 0 Å². The third-order valence-corrected chi connectivity index (χ3v) is 3.58. The first-order chi connectivity index (χ1) is 6.99. The second-order valence-corrected chi connectivity index (χ2v) is 5.12. The first kappa shape index (κ1) is 12.9. The quantitative estimate of drug-likeness (QED) is 0.806. The summed E-state index contributed by atoms with van der Waals surface area (Å²) >= 11 is 1.62. The highest BCUT2D eigenvalue weighted by molar-refractivity contribution is 8.00. The molecule has 1 atom stereocenters. The van der Waals surface area contributed by atoms with E-state index in [9.17, 15) is 13.2 Å². The molecule has 1 heterocycles. The fourth-order valence-corrected chi connectivity index (χ4v) is 2.29. The van der Waals surface area contributed by atoms with Gasteiger partial charge in [0.1, 0.15) is 0 Å². The third-order valence-electron chi connectivity index (χ3n) is 1.79. The van der Waals surface area contributed by atoms with E-state index in [1.807, 2.05) is 24.4 Å². The van der Waals surface area contributed by atoms with E-state index in [1.54, 1.807) is 11.3 Å². The van der Waals surface area contributed by atoms with Crippen molar-refractivity contribution in [1.82, 2.24) is 5.32 Å². The number of halogens is 3. The van der Waals surface area contributed by atoms with Gasteiger partial charge in [-0.3, -0.25) is 0 Å². The van der Waals surface area contributed by atoms with Crippen molar-refractivity contribution in [1.29, 1.82) is 0 Å². The van der Waals surface area contributed by atoms with Crippen LogP contribution in [0.15, 0.2) is 17.5 Å². The summed E-state index contributed by atoms with van der Waals surface area (Å²) in [7, 11) is 0. The molecule has 6 heteroatoms. The maximum Gasteiger partial charge on any atom is 0.441 e. The van der Waals surface area contributed by atoms with Crippen molar-refractivity contribution in [3.05, 3.63) is 22.4 Å². The molecule has 1 N–H and O–H groups in total. The number of nitrogens with one attached hydrogen (secondary N) is 1. The van der Waals surface area contributed by atoms with Crippen LogP contribution in [0.25, 0.3) is 0 Å². The van der Waals surface area contributed by atoms with Crippen LogP contribution in [0, 0.1) is 0 Å². The lowest BCUT2D eigenvalue weighted by Gasteiger charge is -2.12. The molecule has 0 aromatic carbocycles. The SMILES string of the molecule is C[C@@H](NCCSC(F)(F)F)c1cccs1. The summed E-state index contributed by atoms with van der Waals surface area (Å²) < 4.78 is 35.4. The van der Waals surface area contributed by atoms with Crippen LogP contribution in [0.5, 0.6) is 0 Å². The van der Waals surface area contributed by atoms with Crippen LogP contribution < -0.4 is 5.32 Å². The summed E-state index contributed by atoms with van der Waals surface area (Å²) in [6.07, 6.45) is 0. The second-order valence-electron chi connectivity index (χ2n) is 2.99. The molecule has 0 aliphatic carbocycles. The van der Waals surface area contributed by atoms with Crippen LogP contribution in [0.1, 0.15) is 17.8 Å². The number of thioether (sulfide) groups is 1. The van der Waals surface area contributed by atoms with E-state index in [1.165, 1.54) is 0 Å². The molecule has 0 unspecified atom stereocenters. The molecule has 0 saturated heterocycles. The monoisotopic (exact) mass is 255 g/mol. The molecule has 0 spiro atoms. The van der Waals surface area contributed by atoms with Gasteiger partial charge in [-0.25, -0.2) is 0 Å². The largest absolute Gasteiger partial charge is 0.441 e. The van der Waals surface area contributed by atoms with E-state index in [0.717, 1.165) is 4.88 Å². The fourth-order valence-electron chi connectivity index (χ4n) is 1.08. The molecular weight excluding hydrogens is 243 g/mol. The van der Waals surface area contributed by atoms with Crippen LogP contribution in [0.3, 0.4) is 0 Å². The fraction of sp³-hybridized carbons (Fsp3) is 0.556. The standard InChI is InChI=1S/C9H12F3NS2/c1-7(8-3-2-5-14-8)13-4-6-15-9(10,11)12/h2-3,5,7,13H,4,6H2,1H3/t7-/m1/s1. The van der Waals surface area contributed by atoms with Gasteiger partial charge in [-0.05, 0) is 30.1 Å². The maximum atomic E-state index is 11.8. The Labute approximate surface area is 95.1 Å². The summed E-state index contributed by atoms with van der Waals surface area (Å²) in [5, 5.41) is 5.00. The van der Waals surface area contributed by atoms with Gasteiger partial charge in [0.25, 0.3) is 0 Å². The van der Waals surface area contributed by atoms with E-state index in [0.29, 0.717) is 6.54 Å². The summed E-state index contributed by atoms with van der Waals surface area (Å²) in [4.78, 5) is 1.15. The molecule has 0 radical (unpaired) electrons. The maximum absolute atomic E-state index is 11.8. The average molecular weight is 255 g/mol. The lowest BCUT2D eigenvalue weighted by molar-refractivity contribution is -0.0327. The highest BCUT2D eigenvalue weighted by Crippen LogP contribution is 2.29. The van der Waals surface area contributed by atoms with Gasteiger partial charge in [0, 0.05) is 23.2 Å². The van der Waals surface area contributed by atoms with Gasteiger partial charge in [0.15, 0.2) is 0 Å². The van der Waals surface area contributed by atoms with Crippen LogP contribution >= 0.6 is 23.1 Å². The van der Waals surface area contributed by atoms with E-state index >= 15 is 0 Å². The molecular formula is C9H12F3NS2. The Morgan fingerprint density at radius 2 is 2.27 bits per heavy atom. The highest BCUT2D eigenvalue weighted by Gasteiger charge is 2.27. The Bertz CT molecular complexity index is 271. The van der Waals surface area contributed by atoms with Crippen molar-refractivity contribution in [3.8, 4) is 0 Å². The highest BCUT2D eigenvalue weighted by atomic mass is 32.2. The molecule has 0 amide bonds. The topological polar surface area (TPSA) is 12.0 Å². The van der Waals surface area contributed by atoms with Crippen LogP contribution in [0.4, 0.5) is 13.2 Å². The van der Waals surface area contributed by atoms with Crippen LogP contribution in [-0.4, -0.2) is 17.8 Å².